The maximum absolute atomic E-state index is 4.43. The predicted octanol–water partition coefficient (Wildman–Crippen LogP) is 2.33. The molecule has 1 N–H and O–H groups in total. The van der Waals surface area contributed by atoms with E-state index in [4.69, 9.17) is 0 Å². The number of rotatable bonds is 3. The minimum absolute atomic E-state index is 0.601. The van der Waals surface area contributed by atoms with Crippen LogP contribution in [-0.2, 0) is 6.54 Å². The van der Waals surface area contributed by atoms with Gasteiger partial charge in [0.1, 0.15) is 0 Å². The molecule has 2 aliphatic rings. The Bertz CT molecular complexity index is 386. The van der Waals surface area contributed by atoms with Gasteiger partial charge in [0.2, 0.25) is 5.95 Å². The summed E-state index contributed by atoms with van der Waals surface area (Å²) in [5.74, 6) is 1.05. The van der Waals surface area contributed by atoms with Crippen LogP contribution in [0.5, 0.6) is 0 Å². The van der Waals surface area contributed by atoms with Gasteiger partial charge in [-0.3, -0.25) is 0 Å². The summed E-state index contributed by atoms with van der Waals surface area (Å²) in [6, 6.07) is 2.16. The van der Waals surface area contributed by atoms with E-state index in [1.54, 1.807) is 0 Å². The third-order valence-corrected chi connectivity index (χ3v) is 4.73. The number of fused-ring (bicyclic) bond motifs is 2. The van der Waals surface area contributed by atoms with E-state index in [0.29, 0.717) is 6.04 Å². The largest absolute Gasteiger partial charge is 0.353 e. The summed E-state index contributed by atoms with van der Waals surface area (Å²) in [6.07, 6.45) is 10.6. The Hall–Kier alpha value is -1.03. The Morgan fingerprint density at radius 3 is 2.72 bits per heavy atom. The number of nitrogens with zero attached hydrogens (tertiary/aromatic N) is 3. The summed E-state index contributed by atoms with van der Waals surface area (Å²) in [5, 5.41) is 3.65. The van der Waals surface area contributed by atoms with E-state index in [1.165, 1.54) is 32.1 Å². The van der Waals surface area contributed by atoms with Crippen LogP contribution < -0.4 is 5.32 Å². The number of aryl methyl sites for hydroxylation is 1. The average Bonchev–Trinajstić information content (AvgIpc) is 2.77. The SMILES string of the molecule is CCn1ccnc1NC1CC2CCCC(C1)N2C. The van der Waals surface area contributed by atoms with Gasteiger partial charge in [0, 0.05) is 37.1 Å². The van der Waals surface area contributed by atoms with E-state index < -0.39 is 0 Å². The minimum atomic E-state index is 0.601. The van der Waals surface area contributed by atoms with Crippen molar-refractivity contribution in [2.75, 3.05) is 12.4 Å². The van der Waals surface area contributed by atoms with Crippen molar-refractivity contribution in [1.29, 1.82) is 0 Å². The lowest BCUT2D eigenvalue weighted by atomic mass is 9.82. The van der Waals surface area contributed by atoms with Crippen LogP contribution >= 0.6 is 0 Å². The van der Waals surface area contributed by atoms with Gasteiger partial charge in [-0.1, -0.05) is 6.42 Å². The van der Waals surface area contributed by atoms with E-state index in [9.17, 15) is 0 Å². The summed E-state index contributed by atoms with van der Waals surface area (Å²) < 4.78 is 2.19. The van der Waals surface area contributed by atoms with Crippen molar-refractivity contribution in [1.82, 2.24) is 14.5 Å². The second-order valence-corrected chi connectivity index (χ2v) is 5.75. The van der Waals surface area contributed by atoms with Gasteiger partial charge in [0.15, 0.2) is 0 Å². The van der Waals surface area contributed by atoms with Crippen LogP contribution in [0.3, 0.4) is 0 Å². The van der Waals surface area contributed by atoms with Crippen LogP contribution in [0.15, 0.2) is 12.4 Å². The van der Waals surface area contributed by atoms with Gasteiger partial charge >= 0.3 is 0 Å². The zero-order valence-corrected chi connectivity index (χ0v) is 11.5. The standard InChI is InChI=1S/C14H24N4/c1-3-18-8-7-15-14(18)16-11-9-12-5-4-6-13(10-11)17(12)2/h7-8,11-13H,3-6,9-10H2,1-2H3,(H,15,16). The van der Waals surface area contributed by atoms with E-state index in [2.05, 4.69) is 39.9 Å². The Kier molecular flexibility index (Phi) is 3.29. The number of aromatic nitrogens is 2. The third-order valence-electron chi connectivity index (χ3n) is 4.73. The minimum Gasteiger partial charge on any atom is -0.353 e. The molecule has 1 aromatic rings. The van der Waals surface area contributed by atoms with Crippen molar-refractivity contribution in [2.24, 2.45) is 0 Å². The van der Waals surface area contributed by atoms with Crippen LogP contribution in [0, 0.1) is 0 Å². The molecule has 2 fully saturated rings. The lowest BCUT2D eigenvalue weighted by Gasteiger charge is -2.47. The van der Waals surface area contributed by atoms with Gasteiger partial charge in [-0.25, -0.2) is 4.98 Å². The van der Waals surface area contributed by atoms with E-state index in [-0.39, 0.29) is 0 Å². The first-order valence-electron chi connectivity index (χ1n) is 7.27. The molecule has 2 bridgehead atoms. The molecule has 3 rings (SSSR count). The maximum atomic E-state index is 4.43. The van der Waals surface area contributed by atoms with Gasteiger partial charge in [-0.15, -0.1) is 0 Å². The third kappa shape index (κ3) is 2.14. The van der Waals surface area contributed by atoms with Gasteiger partial charge < -0.3 is 14.8 Å². The first-order chi connectivity index (χ1) is 8.78. The van der Waals surface area contributed by atoms with E-state index in [1.807, 2.05) is 6.20 Å². The predicted molar refractivity (Wildman–Crippen MR) is 73.7 cm³/mol. The van der Waals surface area contributed by atoms with Crippen molar-refractivity contribution in [3.05, 3.63) is 12.4 Å². The highest BCUT2D eigenvalue weighted by Gasteiger charge is 2.36. The second-order valence-electron chi connectivity index (χ2n) is 5.75. The molecule has 4 nitrogen and oxygen atoms in total. The fraction of sp³-hybridized carbons (Fsp3) is 0.786. The molecule has 0 spiro atoms. The molecule has 2 atom stereocenters. The molecule has 2 aliphatic heterocycles. The van der Waals surface area contributed by atoms with Crippen molar-refractivity contribution < 1.29 is 0 Å². The molecule has 3 heterocycles. The van der Waals surface area contributed by atoms with Gasteiger partial charge in [0.05, 0.1) is 0 Å². The fourth-order valence-corrected chi connectivity index (χ4v) is 3.62. The van der Waals surface area contributed by atoms with Crippen molar-refractivity contribution in [2.45, 2.75) is 63.7 Å². The zero-order valence-electron chi connectivity index (χ0n) is 11.5. The first kappa shape index (κ1) is 12.0. The number of imidazole rings is 1. The molecule has 0 saturated carbocycles. The maximum Gasteiger partial charge on any atom is 0.202 e. The Balaban J connectivity index is 1.68. The highest BCUT2D eigenvalue weighted by atomic mass is 15.2. The zero-order chi connectivity index (χ0) is 12.5. The first-order valence-corrected chi connectivity index (χ1v) is 7.27. The molecule has 18 heavy (non-hydrogen) atoms. The van der Waals surface area contributed by atoms with Crippen molar-refractivity contribution in [3.63, 3.8) is 0 Å². The quantitative estimate of drug-likeness (QED) is 0.891. The van der Waals surface area contributed by atoms with Crippen LogP contribution in [0.1, 0.15) is 39.0 Å². The topological polar surface area (TPSA) is 33.1 Å². The molecule has 0 radical (unpaired) electrons. The number of hydrogen-bond donors (Lipinski definition) is 1. The highest BCUT2D eigenvalue weighted by molar-refractivity contribution is 5.28. The van der Waals surface area contributed by atoms with Crippen molar-refractivity contribution in [3.8, 4) is 0 Å². The fourth-order valence-electron chi connectivity index (χ4n) is 3.62. The molecule has 2 unspecified atom stereocenters. The Labute approximate surface area is 109 Å². The summed E-state index contributed by atoms with van der Waals surface area (Å²) in [6.45, 7) is 3.15. The van der Waals surface area contributed by atoms with Gasteiger partial charge in [0.25, 0.3) is 0 Å². The smallest absolute Gasteiger partial charge is 0.202 e. The average molecular weight is 248 g/mol. The Morgan fingerprint density at radius 2 is 2.06 bits per heavy atom. The van der Waals surface area contributed by atoms with Crippen molar-refractivity contribution >= 4 is 5.95 Å². The van der Waals surface area contributed by atoms with E-state index in [0.717, 1.165) is 24.6 Å². The molecule has 100 valence electrons. The highest BCUT2D eigenvalue weighted by Crippen LogP contribution is 2.33. The van der Waals surface area contributed by atoms with E-state index >= 15 is 0 Å². The molecule has 4 heteroatoms. The number of anilines is 1. The monoisotopic (exact) mass is 248 g/mol. The Morgan fingerprint density at radius 1 is 1.33 bits per heavy atom. The molecule has 0 aromatic carbocycles. The normalized spacial score (nSPS) is 32.4. The number of piperidine rings is 2. The van der Waals surface area contributed by atoms with Gasteiger partial charge in [-0.05, 0) is 39.7 Å². The second kappa shape index (κ2) is 4.92. The molecule has 1 aromatic heterocycles. The summed E-state index contributed by atoms with van der Waals surface area (Å²) >= 11 is 0. The van der Waals surface area contributed by atoms with Crippen LogP contribution in [0.4, 0.5) is 5.95 Å². The van der Waals surface area contributed by atoms with Crippen LogP contribution in [0.2, 0.25) is 0 Å². The molecular weight excluding hydrogens is 224 g/mol. The van der Waals surface area contributed by atoms with Crippen LogP contribution in [-0.4, -0.2) is 39.6 Å². The summed E-state index contributed by atoms with van der Waals surface area (Å²) in [7, 11) is 2.30. The van der Waals surface area contributed by atoms with Gasteiger partial charge in [-0.2, -0.15) is 0 Å². The lowest BCUT2D eigenvalue weighted by molar-refractivity contribution is 0.0606. The number of hydrogen-bond acceptors (Lipinski definition) is 3. The molecule has 2 saturated heterocycles. The molecule has 0 aliphatic carbocycles. The molecular formula is C14H24N4. The summed E-state index contributed by atoms with van der Waals surface area (Å²) in [5.41, 5.74) is 0. The molecule has 0 amide bonds. The number of nitrogens with one attached hydrogen (secondary N) is 1. The van der Waals surface area contributed by atoms with Crippen LogP contribution in [0.25, 0.3) is 0 Å². The summed E-state index contributed by atoms with van der Waals surface area (Å²) in [4.78, 5) is 7.04. The lowest BCUT2D eigenvalue weighted by Crippen LogP contribution is -2.53.